The van der Waals surface area contributed by atoms with Crippen LogP contribution in [0.2, 0.25) is 36.3 Å². The fourth-order valence-corrected chi connectivity index (χ4v) is 12.9. The van der Waals surface area contributed by atoms with Crippen LogP contribution in [0.4, 0.5) is 11.8 Å². The number of hydrogen-bond donors (Lipinski definition) is 5. The van der Waals surface area contributed by atoms with Crippen LogP contribution in [0.25, 0.3) is 21.5 Å². The Balaban J connectivity index is 1.32. The molecule has 332 valence electrons. The van der Waals surface area contributed by atoms with Gasteiger partial charge in [0.15, 0.2) is 45.9 Å². The highest BCUT2D eigenvalue weighted by Gasteiger charge is 2.57. The van der Waals surface area contributed by atoms with E-state index < -0.39 is 103 Å². The minimum Gasteiger partial charge on any atom is -0.408 e. The summed E-state index contributed by atoms with van der Waals surface area (Å²) in [6, 6.07) is 0. The fourth-order valence-electron chi connectivity index (χ4n) is 6.59. The van der Waals surface area contributed by atoms with E-state index in [-0.39, 0.29) is 38.7 Å². The van der Waals surface area contributed by atoms with Gasteiger partial charge in [0.2, 0.25) is 5.95 Å². The Hall–Kier alpha value is -1.98. The van der Waals surface area contributed by atoms with Crippen LogP contribution in [0.3, 0.4) is 0 Å². The van der Waals surface area contributed by atoms with Crippen molar-refractivity contribution in [1.29, 1.82) is 0 Å². The van der Waals surface area contributed by atoms with E-state index in [1.165, 1.54) is 21.8 Å². The standard InChI is InChI=1S/C32H51N9O12P2S3Si2/c1-31(2,3)59(7,8)52-19-16-12-47-54(44,56)50-18-15(11-46-55(45,57)51-20(19)27(48-16)40-14-37-17-24(40)38-29(34)39-26(17)42)49-28(21(18)53-60(9,10)32(4,5)6)41-25-22(58-30(41)43)23(33)35-13-36-25/h13-16,18-21,27-28H,11-12H2,1-10H3,(H,44,56)(H,45,57)(H2,33,35,36)(H3,34,38,39,42)/t15-,16-,18-,19-,20-,21-,27-,28-,54?,55?/m1/s1. The van der Waals surface area contributed by atoms with Gasteiger partial charge in [0.05, 0.1) is 19.5 Å². The van der Waals surface area contributed by atoms with Gasteiger partial charge in [-0.2, -0.15) is 4.98 Å². The van der Waals surface area contributed by atoms with Crippen molar-refractivity contribution >= 4 is 98.8 Å². The molecule has 21 nitrogen and oxygen atoms in total. The van der Waals surface area contributed by atoms with Crippen LogP contribution in [0, 0.1) is 0 Å². The number of fused-ring (bicyclic) bond motifs is 5. The molecule has 0 aromatic carbocycles. The van der Waals surface area contributed by atoms with Gasteiger partial charge in [-0.25, -0.2) is 19.5 Å². The van der Waals surface area contributed by atoms with Crippen molar-refractivity contribution in [3.05, 3.63) is 32.7 Å². The zero-order valence-corrected chi connectivity index (χ0v) is 40.9. The average Bonchev–Trinajstić information content (AvgIpc) is 3.84. The quantitative estimate of drug-likeness (QED) is 0.0986. The Kier molecular flexibility index (Phi) is 12.2. The number of rotatable bonds is 6. The third-order valence-corrected chi connectivity index (χ3v) is 24.9. The van der Waals surface area contributed by atoms with Crippen LogP contribution in [0.5, 0.6) is 0 Å². The lowest BCUT2D eigenvalue weighted by atomic mass is 10.1. The normalized spacial score (nSPS) is 32.5. The number of hydrogen-bond acceptors (Lipinski definition) is 19. The first-order valence-electron chi connectivity index (χ1n) is 18.9. The second-order valence-electron chi connectivity index (χ2n) is 17.9. The lowest BCUT2D eigenvalue weighted by Crippen LogP contribution is -2.50. The first-order valence-corrected chi connectivity index (χ1v) is 30.8. The molecule has 6 N–H and O–H groups in total. The molecule has 3 aliphatic heterocycles. The van der Waals surface area contributed by atoms with Crippen LogP contribution >= 0.6 is 37.1 Å². The van der Waals surface area contributed by atoms with Gasteiger partial charge in [-0.1, -0.05) is 65.1 Å². The van der Waals surface area contributed by atoms with Crippen LogP contribution in [0.1, 0.15) is 54.0 Å². The molecular weight excluding hydrogens is 917 g/mol. The van der Waals surface area contributed by atoms with Crippen molar-refractivity contribution in [2.24, 2.45) is 0 Å². The molecule has 0 amide bonds. The Morgan fingerprint density at radius 2 is 1.53 bits per heavy atom. The molecule has 0 spiro atoms. The zero-order chi connectivity index (χ0) is 44.1. The number of thiazole rings is 1. The van der Waals surface area contributed by atoms with E-state index in [1.54, 1.807) is 0 Å². The third-order valence-electron chi connectivity index (χ3n) is 11.8. The molecule has 4 aromatic heterocycles. The molecule has 28 heteroatoms. The maximum Gasteiger partial charge on any atom is 0.386 e. The van der Waals surface area contributed by atoms with Crippen LogP contribution in [-0.2, 0) is 52.8 Å². The van der Waals surface area contributed by atoms with Crippen molar-refractivity contribution in [3.8, 4) is 0 Å². The van der Waals surface area contributed by atoms with Crippen molar-refractivity contribution in [2.75, 3.05) is 24.7 Å². The minimum atomic E-state index is -4.45. The van der Waals surface area contributed by atoms with E-state index in [9.17, 15) is 19.0 Å². The van der Waals surface area contributed by atoms with E-state index in [0.29, 0.717) is 4.70 Å². The molecule has 2 bridgehead atoms. The van der Waals surface area contributed by atoms with E-state index in [1.807, 2.05) is 67.7 Å². The average molecular weight is 968 g/mol. The van der Waals surface area contributed by atoms with Gasteiger partial charge < -0.3 is 39.2 Å². The number of ether oxygens (including phenoxy) is 2. The maximum absolute atomic E-state index is 14.6. The number of nitrogens with zero attached hydrogens (tertiary/aromatic N) is 6. The molecule has 4 aromatic rings. The van der Waals surface area contributed by atoms with E-state index >= 15 is 0 Å². The summed E-state index contributed by atoms with van der Waals surface area (Å²) in [5, 5.41) is -0.682. The largest absolute Gasteiger partial charge is 0.408 e. The van der Waals surface area contributed by atoms with Gasteiger partial charge in [-0.05, 0) is 48.1 Å². The van der Waals surface area contributed by atoms with Crippen molar-refractivity contribution in [1.82, 2.24) is 34.1 Å². The second kappa shape index (κ2) is 15.9. The van der Waals surface area contributed by atoms with Gasteiger partial charge in [0.1, 0.15) is 53.5 Å². The number of H-pyrrole nitrogens is 1. The Bertz CT molecular complexity index is 2510. The topological polar surface area (TPSA) is 275 Å². The predicted molar refractivity (Wildman–Crippen MR) is 235 cm³/mol. The second-order valence-corrected chi connectivity index (χ2v) is 34.0. The van der Waals surface area contributed by atoms with E-state index in [0.717, 1.165) is 11.3 Å². The summed E-state index contributed by atoms with van der Waals surface area (Å²) >= 11 is 11.0. The molecule has 0 saturated carbocycles. The molecular formula is C32H51N9O12P2S3Si2. The van der Waals surface area contributed by atoms with Crippen LogP contribution in [-0.4, -0.2) is 105 Å². The number of nitrogens with two attached hydrogens (primary N) is 2. The maximum atomic E-state index is 14.6. The number of anilines is 2. The number of aromatic nitrogens is 7. The molecule has 7 rings (SSSR count). The zero-order valence-electron chi connectivity index (χ0n) is 34.6. The van der Waals surface area contributed by atoms with Crippen LogP contribution < -0.4 is 21.9 Å². The number of imidazole rings is 1. The Morgan fingerprint density at radius 3 is 2.18 bits per heavy atom. The molecule has 7 heterocycles. The van der Waals surface area contributed by atoms with Gasteiger partial charge in [0.25, 0.3) is 5.56 Å². The Labute approximate surface area is 361 Å². The Morgan fingerprint density at radius 1 is 0.917 bits per heavy atom. The first kappa shape index (κ1) is 46.0. The summed E-state index contributed by atoms with van der Waals surface area (Å²) < 4.78 is 69.4. The molecule has 3 saturated heterocycles. The molecule has 2 unspecified atom stereocenters. The van der Waals surface area contributed by atoms with Crippen LogP contribution in [0.15, 0.2) is 22.2 Å². The third kappa shape index (κ3) is 8.78. The predicted octanol–water partition coefficient (Wildman–Crippen LogP) is 4.80. The molecule has 3 aliphatic rings. The van der Waals surface area contributed by atoms with Gasteiger partial charge in [-0.15, -0.1) is 0 Å². The van der Waals surface area contributed by atoms with Gasteiger partial charge in [0, 0.05) is 0 Å². The molecule has 0 radical (unpaired) electrons. The highest BCUT2D eigenvalue weighted by molar-refractivity contribution is 8.44. The SMILES string of the molecule is CC(C)(C)[Si](C)(C)O[C@@H]1[C@@H]2OP(O)(=S)OC[C@H]3O[C@@H](n4cnc5c(=O)[nH]c(N)nc54)[C@H](OP(=O)(S)OC[C@H]2O[C@H]1n1c(=O)sc2c(N)ncnc21)[C@@H]3O[Si](C)(C)C(C)(C)C. The number of thiol groups is 1. The highest BCUT2D eigenvalue weighted by atomic mass is 32.7. The summed E-state index contributed by atoms with van der Waals surface area (Å²) in [6.07, 6.45) is -6.94. The van der Waals surface area contributed by atoms with Gasteiger partial charge in [-0.3, -0.25) is 37.3 Å². The van der Waals surface area contributed by atoms with Crippen molar-refractivity contribution in [2.45, 2.75) is 127 Å². The molecule has 3 fully saturated rings. The van der Waals surface area contributed by atoms with E-state index in [4.69, 9.17) is 59.7 Å². The summed E-state index contributed by atoms with van der Waals surface area (Å²) in [5.41, 5.74) is 11.6. The monoisotopic (exact) mass is 967 g/mol. The number of nitrogens with one attached hydrogen (secondary N) is 1. The van der Waals surface area contributed by atoms with E-state index in [2.05, 4.69) is 37.2 Å². The molecule has 60 heavy (non-hydrogen) atoms. The highest BCUT2D eigenvalue weighted by Crippen LogP contribution is 2.59. The van der Waals surface area contributed by atoms with Crippen molar-refractivity contribution < 1.29 is 45.9 Å². The smallest absolute Gasteiger partial charge is 0.386 e. The fraction of sp³-hybridized carbons (Fsp3) is 0.688. The van der Waals surface area contributed by atoms with Gasteiger partial charge >= 0.3 is 18.4 Å². The number of aromatic amines is 1. The lowest BCUT2D eigenvalue weighted by molar-refractivity contribution is -0.0588. The summed E-state index contributed by atoms with van der Waals surface area (Å²) in [4.78, 5) is 57.3. The number of nitrogen functional groups attached to an aromatic ring is 2. The summed E-state index contributed by atoms with van der Waals surface area (Å²) in [5.74, 6) is -0.0907. The first-order chi connectivity index (χ1) is 27.6. The van der Waals surface area contributed by atoms with Crippen molar-refractivity contribution in [3.63, 3.8) is 0 Å². The molecule has 10 atom stereocenters. The lowest BCUT2D eigenvalue weighted by Gasteiger charge is -2.41. The molecule has 0 aliphatic carbocycles. The summed E-state index contributed by atoms with van der Waals surface area (Å²) in [6.45, 7) is 10.5. The summed E-state index contributed by atoms with van der Waals surface area (Å²) in [7, 11) is -5.46. The minimum absolute atomic E-state index is 0.0402.